The molecule has 2 rings (SSSR count). The van der Waals surface area contributed by atoms with Crippen molar-refractivity contribution in [1.82, 2.24) is 10.3 Å². The van der Waals surface area contributed by atoms with Crippen molar-refractivity contribution < 1.29 is 9.59 Å². The molecule has 0 bridgehead atoms. The Bertz CT molecular complexity index is 428. The lowest BCUT2D eigenvalue weighted by Gasteiger charge is -2.20. The highest BCUT2D eigenvalue weighted by molar-refractivity contribution is 6.06. The summed E-state index contributed by atoms with van der Waals surface area (Å²) in [6, 6.07) is 3.59. The van der Waals surface area contributed by atoms with Crippen LogP contribution in [-0.2, 0) is 9.59 Å². The second kappa shape index (κ2) is 4.95. The van der Waals surface area contributed by atoms with Gasteiger partial charge in [0.25, 0.3) is 0 Å². The Labute approximate surface area is 99.6 Å². The lowest BCUT2D eigenvalue weighted by atomic mass is 9.98. The third-order valence-corrected chi connectivity index (χ3v) is 2.76. The smallest absolute Gasteiger partial charge is 0.238 e. The highest BCUT2D eigenvalue weighted by atomic mass is 16.2. The highest BCUT2D eigenvalue weighted by Gasteiger charge is 2.29. The lowest BCUT2D eigenvalue weighted by molar-refractivity contribution is -0.134. The number of amides is 2. The van der Waals surface area contributed by atoms with E-state index in [1.807, 2.05) is 13.0 Å². The normalized spacial score (nSPS) is 19.6. The fourth-order valence-electron chi connectivity index (χ4n) is 1.78. The molecule has 1 aromatic heterocycles. The van der Waals surface area contributed by atoms with E-state index in [1.54, 1.807) is 12.3 Å². The number of pyridine rings is 1. The molecule has 1 saturated heterocycles. The molecule has 2 heterocycles. The predicted molar refractivity (Wildman–Crippen MR) is 63.3 cm³/mol. The largest absolute Gasteiger partial charge is 0.355 e. The van der Waals surface area contributed by atoms with Gasteiger partial charge in [-0.15, -0.1) is 0 Å². The zero-order chi connectivity index (χ0) is 12.3. The number of hydrogen-bond donors (Lipinski definition) is 2. The molecule has 0 aromatic carbocycles. The molecule has 0 unspecified atom stereocenters. The summed E-state index contributed by atoms with van der Waals surface area (Å²) in [5.74, 6) is -0.578. The first-order valence-electron chi connectivity index (χ1n) is 5.68. The van der Waals surface area contributed by atoms with Crippen molar-refractivity contribution in [1.29, 1.82) is 0 Å². The van der Waals surface area contributed by atoms with Crippen LogP contribution >= 0.6 is 0 Å². The van der Waals surface area contributed by atoms with Crippen molar-refractivity contribution in [2.75, 3.05) is 11.9 Å². The maximum Gasteiger partial charge on any atom is 0.238 e. The van der Waals surface area contributed by atoms with Gasteiger partial charge >= 0.3 is 0 Å². The van der Waals surface area contributed by atoms with Crippen molar-refractivity contribution in [3.8, 4) is 0 Å². The first kappa shape index (κ1) is 11.6. The Morgan fingerprint density at radius 1 is 1.53 bits per heavy atom. The Balaban J connectivity index is 2.00. The second-order valence-corrected chi connectivity index (χ2v) is 4.20. The van der Waals surface area contributed by atoms with Crippen LogP contribution in [0.5, 0.6) is 0 Å². The van der Waals surface area contributed by atoms with Crippen LogP contribution in [0.2, 0.25) is 0 Å². The van der Waals surface area contributed by atoms with Gasteiger partial charge in [0.05, 0.1) is 0 Å². The fraction of sp³-hybridized carbons (Fsp3) is 0.417. The molecule has 5 nitrogen and oxygen atoms in total. The van der Waals surface area contributed by atoms with Gasteiger partial charge < -0.3 is 10.6 Å². The standard InChI is InChI=1S/C12H15N3O2/c1-8-4-5-10(14-7-8)15-12(17)9-3-2-6-13-11(9)16/h4-5,7,9H,2-3,6H2,1H3,(H,13,16)(H,14,15,17)/t9-/m1/s1. The molecule has 1 atom stereocenters. The van der Waals surface area contributed by atoms with E-state index in [1.165, 1.54) is 0 Å². The minimum absolute atomic E-state index is 0.194. The van der Waals surface area contributed by atoms with E-state index in [-0.39, 0.29) is 11.8 Å². The van der Waals surface area contributed by atoms with Crippen LogP contribution in [0.4, 0.5) is 5.82 Å². The molecular formula is C12H15N3O2. The molecule has 0 saturated carbocycles. The van der Waals surface area contributed by atoms with Crippen LogP contribution in [0.15, 0.2) is 18.3 Å². The van der Waals surface area contributed by atoms with Crippen LogP contribution < -0.4 is 10.6 Å². The highest BCUT2D eigenvalue weighted by Crippen LogP contribution is 2.14. The van der Waals surface area contributed by atoms with Gasteiger partial charge in [0.2, 0.25) is 11.8 Å². The van der Waals surface area contributed by atoms with E-state index in [0.717, 1.165) is 12.0 Å². The Kier molecular flexibility index (Phi) is 3.37. The van der Waals surface area contributed by atoms with Crippen molar-refractivity contribution in [2.24, 2.45) is 5.92 Å². The zero-order valence-electron chi connectivity index (χ0n) is 9.69. The Hall–Kier alpha value is -1.91. The van der Waals surface area contributed by atoms with Gasteiger partial charge in [-0.05, 0) is 31.4 Å². The monoisotopic (exact) mass is 233 g/mol. The maximum absolute atomic E-state index is 11.9. The summed E-state index contributed by atoms with van der Waals surface area (Å²) in [6.45, 7) is 2.58. The maximum atomic E-state index is 11.9. The summed E-state index contributed by atoms with van der Waals surface area (Å²) in [5.41, 5.74) is 1.03. The van der Waals surface area contributed by atoms with Gasteiger partial charge in [0, 0.05) is 12.7 Å². The molecular weight excluding hydrogens is 218 g/mol. The summed E-state index contributed by atoms with van der Waals surface area (Å²) >= 11 is 0. The summed E-state index contributed by atoms with van der Waals surface area (Å²) in [6.07, 6.45) is 3.12. The quantitative estimate of drug-likeness (QED) is 0.744. The predicted octanol–water partition coefficient (Wildman–Crippen LogP) is 0.855. The summed E-state index contributed by atoms with van der Waals surface area (Å²) in [7, 11) is 0. The van der Waals surface area contributed by atoms with Gasteiger partial charge in [0.1, 0.15) is 11.7 Å². The number of carbonyl (C=O) groups excluding carboxylic acids is 2. The number of aryl methyl sites for hydroxylation is 1. The average molecular weight is 233 g/mol. The number of piperidine rings is 1. The molecule has 1 aliphatic heterocycles. The number of aromatic nitrogens is 1. The number of hydrogen-bond acceptors (Lipinski definition) is 3. The van der Waals surface area contributed by atoms with Crippen molar-refractivity contribution in [3.05, 3.63) is 23.9 Å². The van der Waals surface area contributed by atoms with Crippen LogP contribution in [0.3, 0.4) is 0 Å². The second-order valence-electron chi connectivity index (χ2n) is 4.20. The fourth-order valence-corrected chi connectivity index (χ4v) is 1.78. The van der Waals surface area contributed by atoms with E-state index < -0.39 is 5.92 Å². The van der Waals surface area contributed by atoms with Gasteiger partial charge in [-0.1, -0.05) is 6.07 Å². The summed E-state index contributed by atoms with van der Waals surface area (Å²) in [4.78, 5) is 27.4. The summed E-state index contributed by atoms with van der Waals surface area (Å²) < 4.78 is 0. The van der Waals surface area contributed by atoms with Crippen LogP contribution in [0.1, 0.15) is 18.4 Å². The molecule has 2 amide bonds. The molecule has 1 aromatic rings. The van der Waals surface area contributed by atoms with Crippen LogP contribution in [0.25, 0.3) is 0 Å². The van der Waals surface area contributed by atoms with E-state index >= 15 is 0 Å². The van der Waals surface area contributed by atoms with Crippen molar-refractivity contribution >= 4 is 17.6 Å². The van der Waals surface area contributed by atoms with E-state index in [2.05, 4.69) is 15.6 Å². The van der Waals surface area contributed by atoms with Gasteiger partial charge in [-0.3, -0.25) is 9.59 Å². The molecule has 0 spiro atoms. The molecule has 1 fully saturated rings. The third kappa shape index (κ3) is 2.81. The number of nitrogens with zero attached hydrogens (tertiary/aromatic N) is 1. The molecule has 90 valence electrons. The Morgan fingerprint density at radius 2 is 2.35 bits per heavy atom. The van der Waals surface area contributed by atoms with E-state index in [9.17, 15) is 9.59 Å². The van der Waals surface area contributed by atoms with Gasteiger partial charge in [0.15, 0.2) is 0 Å². The molecule has 0 aliphatic carbocycles. The average Bonchev–Trinajstić information content (AvgIpc) is 2.32. The van der Waals surface area contributed by atoms with Crippen molar-refractivity contribution in [2.45, 2.75) is 19.8 Å². The molecule has 5 heteroatoms. The minimum atomic E-state index is -0.591. The first-order chi connectivity index (χ1) is 8.16. The number of carbonyl (C=O) groups is 2. The van der Waals surface area contributed by atoms with Crippen molar-refractivity contribution in [3.63, 3.8) is 0 Å². The van der Waals surface area contributed by atoms with Gasteiger partial charge in [-0.2, -0.15) is 0 Å². The van der Waals surface area contributed by atoms with Gasteiger partial charge in [-0.25, -0.2) is 4.98 Å². The molecule has 17 heavy (non-hydrogen) atoms. The number of anilines is 1. The third-order valence-electron chi connectivity index (χ3n) is 2.76. The molecule has 1 aliphatic rings. The van der Waals surface area contributed by atoms with E-state index in [4.69, 9.17) is 0 Å². The lowest BCUT2D eigenvalue weighted by Crippen LogP contribution is -2.42. The minimum Gasteiger partial charge on any atom is -0.355 e. The zero-order valence-corrected chi connectivity index (χ0v) is 9.69. The Morgan fingerprint density at radius 3 is 3.00 bits per heavy atom. The molecule has 2 N–H and O–H groups in total. The summed E-state index contributed by atoms with van der Waals surface area (Å²) in [5, 5.41) is 5.35. The molecule has 0 radical (unpaired) electrons. The van der Waals surface area contributed by atoms with E-state index in [0.29, 0.717) is 18.8 Å². The SMILES string of the molecule is Cc1ccc(NC(=O)[C@@H]2CCCNC2=O)nc1. The topological polar surface area (TPSA) is 71.1 Å². The first-order valence-corrected chi connectivity index (χ1v) is 5.68. The number of rotatable bonds is 2. The number of nitrogens with one attached hydrogen (secondary N) is 2. The van der Waals surface area contributed by atoms with Crippen LogP contribution in [0, 0.1) is 12.8 Å². The van der Waals surface area contributed by atoms with Crippen LogP contribution in [-0.4, -0.2) is 23.3 Å².